The van der Waals surface area contributed by atoms with Gasteiger partial charge in [-0.05, 0) is 45.0 Å². The number of carbonyl (C=O) groups is 1. The van der Waals surface area contributed by atoms with Crippen LogP contribution >= 0.6 is 0 Å². The maximum Gasteiger partial charge on any atom is 0.261 e. The number of carbonyl (C=O) groups excluding carboxylic acids is 1. The van der Waals surface area contributed by atoms with Gasteiger partial charge in [-0.25, -0.2) is 0 Å². The van der Waals surface area contributed by atoms with E-state index < -0.39 is 0 Å². The highest BCUT2D eigenvalue weighted by Gasteiger charge is 2.12. The van der Waals surface area contributed by atoms with Crippen molar-refractivity contribution in [3.8, 4) is 0 Å². The van der Waals surface area contributed by atoms with E-state index in [0.29, 0.717) is 6.54 Å². The average Bonchev–Trinajstić information content (AvgIpc) is 2.80. The van der Waals surface area contributed by atoms with Gasteiger partial charge in [0.2, 0.25) is 0 Å². The Morgan fingerprint density at radius 2 is 2.00 bits per heavy atom. The first-order chi connectivity index (χ1) is 8.18. The summed E-state index contributed by atoms with van der Waals surface area (Å²) >= 11 is 0. The molecule has 92 valence electrons. The van der Waals surface area contributed by atoms with Crippen LogP contribution in [0.15, 0.2) is 23.1 Å². The molecule has 0 N–H and O–H groups in total. The highest BCUT2D eigenvalue weighted by molar-refractivity contribution is 5.93. The number of ketones is 1. The van der Waals surface area contributed by atoms with Gasteiger partial charge >= 0.3 is 0 Å². The van der Waals surface area contributed by atoms with Crippen LogP contribution in [0.1, 0.15) is 30.1 Å². The summed E-state index contributed by atoms with van der Waals surface area (Å²) in [4.78, 5) is 25.5. The van der Waals surface area contributed by atoms with Crippen LogP contribution in [0.2, 0.25) is 0 Å². The van der Waals surface area contributed by atoms with Crippen molar-refractivity contribution in [2.24, 2.45) is 0 Å². The molecule has 2 rings (SSSR count). The summed E-state index contributed by atoms with van der Waals surface area (Å²) in [6.45, 7) is 5.24. The molecule has 0 saturated carbocycles. The molecular weight excluding hydrogens is 216 g/mol. The van der Waals surface area contributed by atoms with E-state index in [0.717, 1.165) is 19.6 Å². The summed E-state index contributed by atoms with van der Waals surface area (Å²) in [5.74, 6) is -0.162. The van der Waals surface area contributed by atoms with Gasteiger partial charge in [-0.2, -0.15) is 0 Å². The molecule has 0 amide bonds. The number of hydrogen-bond acceptors (Lipinski definition) is 3. The Labute approximate surface area is 101 Å². The van der Waals surface area contributed by atoms with Crippen molar-refractivity contribution >= 4 is 5.78 Å². The van der Waals surface area contributed by atoms with Crippen molar-refractivity contribution in [3.05, 3.63) is 34.2 Å². The summed E-state index contributed by atoms with van der Waals surface area (Å²) < 4.78 is 1.63. The zero-order valence-corrected chi connectivity index (χ0v) is 10.2. The number of aromatic nitrogens is 1. The lowest BCUT2D eigenvalue weighted by atomic mass is 10.2. The first-order valence-corrected chi connectivity index (χ1v) is 6.11. The van der Waals surface area contributed by atoms with Crippen molar-refractivity contribution in [1.82, 2.24) is 9.47 Å². The number of rotatable bonds is 4. The Morgan fingerprint density at radius 1 is 1.29 bits per heavy atom. The van der Waals surface area contributed by atoms with Gasteiger partial charge in [0.1, 0.15) is 0 Å². The number of likely N-dealkylation sites (tertiary alicyclic amines) is 1. The van der Waals surface area contributed by atoms with Gasteiger partial charge in [-0.3, -0.25) is 9.59 Å². The van der Waals surface area contributed by atoms with Gasteiger partial charge in [0, 0.05) is 19.3 Å². The minimum Gasteiger partial charge on any atom is -0.314 e. The molecule has 1 saturated heterocycles. The standard InChI is InChI=1S/C13H18N2O2/c1-11(16)12-5-4-8-15(13(12)17)10-9-14-6-2-3-7-14/h4-5,8H,2-3,6-7,9-10H2,1H3. The van der Waals surface area contributed by atoms with E-state index in [2.05, 4.69) is 4.90 Å². The van der Waals surface area contributed by atoms with E-state index in [4.69, 9.17) is 0 Å². The molecule has 0 radical (unpaired) electrons. The van der Waals surface area contributed by atoms with E-state index in [1.54, 1.807) is 22.9 Å². The van der Waals surface area contributed by atoms with Crippen LogP contribution < -0.4 is 5.56 Å². The molecule has 0 unspecified atom stereocenters. The molecule has 1 aliphatic rings. The van der Waals surface area contributed by atoms with Crippen molar-refractivity contribution < 1.29 is 4.79 Å². The van der Waals surface area contributed by atoms with Crippen LogP contribution in [0, 0.1) is 0 Å². The summed E-state index contributed by atoms with van der Waals surface area (Å²) in [5.41, 5.74) is 0.119. The van der Waals surface area contributed by atoms with Crippen LogP contribution in [0.25, 0.3) is 0 Å². The third kappa shape index (κ3) is 2.82. The lowest BCUT2D eigenvalue weighted by Crippen LogP contribution is -2.31. The molecule has 1 fully saturated rings. The zero-order chi connectivity index (χ0) is 12.3. The van der Waals surface area contributed by atoms with Gasteiger partial charge in [0.05, 0.1) is 5.56 Å². The Hall–Kier alpha value is -1.42. The third-order valence-corrected chi connectivity index (χ3v) is 3.26. The predicted octanol–water partition coefficient (Wildman–Crippen LogP) is 1.15. The molecular formula is C13H18N2O2. The second kappa shape index (κ2) is 5.27. The molecule has 0 bridgehead atoms. The second-order valence-electron chi connectivity index (χ2n) is 4.53. The van der Waals surface area contributed by atoms with Gasteiger partial charge in [-0.1, -0.05) is 0 Å². The lowest BCUT2D eigenvalue weighted by molar-refractivity contribution is 0.101. The van der Waals surface area contributed by atoms with E-state index >= 15 is 0 Å². The summed E-state index contributed by atoms with van der Waals surface area (Å²) in [6.07, 6.45) is 4.26. The van der Waals surface area contributed by atoms with E-state index in [1.165, 1.54) is 19.8 Å². The molecule has 4 heteroatoms. The van der Waals surface area contributed by atoms with Crippen LogP contribution in [0.4, 0.5) is 0 Å². The number of nitrogens with zero attached hydrogens (tertiary/aromatic N) is 2. The number of Topliss-reactive ketones (excluding diaryl/α,β-unsaturated/α-hetero) is 1. The monoisotopic (exact) mass is 234 g/mol. The molecule has 1 aliphatic heterocycles. The average molecular weight is 234 g/mol. The van der Waals surface area contributed by atoms with Gasteiger partial charge in [-0.15, -0.1) is 0 Å². The highest BCUT2D eigenvalue weighted by atomic mass is 16.1. The van der Waals surface area contributed by atoms with Crippen molar-refractivity contribution in [2.45, 2.75) is 26.3 Å². The molecule has 1 aromatic heterocycles. The van der Waals surface area contributed by atoms with Gasteiger partial charge in [0.25, 0.3) is 5.56 Å². The maximum absolute atomic E-state index is 11.9. The molecule has 2 heterocycles. The fourth-order valence-corrected chi connectivity index (χ4v) is 2.24. The fraction of sp³-hybridized carbons (Fsp3) is 0.538. The SMILES string of the molecule is CC(=O)c1cccn(CCN2CCCC2)c1=O. The van der Waals surface area contributed by atoms with Crippen LogP contribution in [-0.2, 0) is 6.54 Å². The molecule has 0 aliphatic carbocycles. The maximum atomic E-state index is 11.9. The second-order valence-corrected chi connectivity index (χ2v) is 4.53. The van der Waals surface area contributed by atoms with Crippen molar-refractivity contribution in [1.29, 1.82) is 0 Å². The van der Waals surface area contributed by atoms with Gasteiger partial charge in [0.15, 0.2) is 5.78 Å². The minimum atomic E-state index is -0.167. The summed E-state index contributed by atoms with van der Waals surface area (Å²) in [6, 6.07) is 3.36. The first-order valence-electron chi connectivity index (χ1n) is 6.11. The molecule has 1 aromatic rings. The third-order valence-electron chi connectivity index (χ3n) is 3.26. The van der Waals surface area contributed by atoms with Gasteiger partial charge < -0.3 is 9.47 Å². The molecule has 4 nitrogen and oxygen atoms in total. The lowest BCUT2D eigenvalue weighted by Gasteiger charge is -2.15. The molecule has 0 atom stereocenters. The Balaban J connectivity index is 2.07. The predicted molar refractivity (Wildman–Crippen MR) is 66.4 cm³/mol. The fourth-order valence-electron chi connectivity index (χ4n) is 2.24. The Morgan fingerprint density at radius 3 is 2.65 bits per heavy atom. The largest absolute Gasteiger partial charge is 0.314 e. The Bertz CT molecular complexity index is 459. The molecule has 0 spiro atoms. The van der Waals surface area contributed by atoms with E-state index in [9.17, 15) is 9.59 Å². The number of hydrogen-bond donors (Lipinski definition) is 0. The smallest absolute Gasteiger partial charge is 0.261 e. The molecule has 0 aromatic carbocycles. The quantitative estimate of drug-likeness (QED) is 0.734. The molecule has 17 heavy (non-hydrogen) atoms. The van der Waals surface area contributed by atoms with E-state index in [1.807, 2.05) is 0 Å². The zero-order valence-electron chi connectivity index (χ0n) is 10.2. The minimum absolute atomic E-state index is 0.162. The summed E-state index contributed by atoms with van der Waals surface area (Å²) in [7, 11) is 0. The van der Waals surface area contributed by atoms with E-state index in [-0.39, 0.29) is 16.9 Å². The van der Waals surface area contributed by atoms with Crippen molar-refractivity contribution in [3.63, 3.8) is 0 Å². The van der Waals surface area contributed by atoms with Crippen LogP contribution in [0.5, 0.6) is 0 Å². The number of pyridine rings is 1. The first kappa shape index (κ1) is 12.0. The van der Waals surface area contributed by atoms with Crippen molar-refractivity contribution in [2.75, 3.05) is 19.6 Å². The highest BCUT2D eigenvalue weighted by Crippen LogP contribution is 2.06. The normalized spacial score (nSPS) is 16.3. The topological polar surface area (TPSA) is 42.3 Å². The van der Waals surface area contributed by atoms with Crippen LogP contribution in [-0.4, -0.2) is 34.9 Å². The van der Waals surface area contributed by atoms with Crippen LogP contribution in [0.3, 0.4) is 0 Å². The Kier molecular flexibility index (Phi) is 3.74. The summed E-state index contributed by atoms with van der Waals surface area (Å²) in [5, 5.41) is 0.